The topological polar surface area (TPSA) is 124 Å². The number of ether oxygens (including phenoxy) is 2. The first-order chi connectivity index (χ1) is 54.1. The Morgan fingerprint density at radius 2 is 0.432 bits per heavy atom. The van der Waals surface area contributed by atoms with Gasteiger partial charge in [-0.3, -0.25) is 0 Å². The number of carbonyl (C=O) groups is 2. The minimum Gasteiger partial charge on any atom is -0.543 e. The maximum atomic E-state index is 13.7. The Morgan fingerprint density at radius 1 is 0.270 bits per heavy atom. The maximum absolute atomic E-state index is 13.7. The summed E-state index contributed by atoms with van der Waals surface area (Å²) in [5.74, 6) is -3.17. The van der Waals surface area contributed by atoms with E-state index in [-0.39, 0.29) is 53.0 Å². The zero-order valence-corrected chi connectivity index (χ0v) is 67.0. The van der Waals surface area contributed by atoms with Gasteiger partial charge >= 0.3 is 20.4 Å². The van der Waals surface area contributed by atoms with E-state index >= 15 is 0 Å². The van der Waals surface area contributed by atoms with Gasteiger partial charge in [-0.1, -0.05) is 376 Å². The molecule has 2 heterocycles. The number of halogens is 2. The monoisotopic (exact) mass is 1660 g/mol. The summed E-state index contributed by atoms with van der Waals surface area (Å²) in [5.41, 5.74) is -0.106. The minimum absolute atomic E-state index is 0. The molecule has 0 aliphatic rings. The number of hydrogen-bond acceptors (Lipinski definition) is 10. The summed E-state index contributed by atoms with van der Waals surface area (Å²) in [7, 11) is 1.03. The van der Waals surface area contributed by atoms with E-state index in [1.54, 1.807) is 12.1 Å². The van der Waals surface area contributed by atoms with Crippen LogP contribution in [0.2, 0.25) is 0 Å². The van der Waals surface area contributed by atoms with Crippen molar-refractivity contribution < 1.29 is 58.5 Å². The normalized spacial score (nSPS) is 10.4. The molecule has 16 rings (SSSR count). The number of methoxy groups -OCH3 is 2. The molecule has 0 fully saturated rings. The van der Waals surface area contributed by atoms with Crippen LogP contribution in [0.25, 0.3) is 21.1 Å². The van der Waals surface area contributed by atoms with E-state index < -0.39 is 55.3 Å². The summed E-state index contributed by atoms with van der Waals surface area (Å²) in [6.07, 6.45) is 0. The fourth-order valence-corrected chi connectivity index (χ4v) is 22.3. The summed E-state index contributed by atoms with van der Waals surface area (Å²) < 4.78 is 37.3. The molecule has 0 atom stereocenters. The Morgan fingerprint density at radius 3 is 0.568 bits per heavy atom. The van der Waals surface area contributed by atoms with Crippen LogP contribution in [0, 0.1) is 11.6 Å². The predicted molar refractivity (Wildman–Crippen MR) is 457 cm³/mol. The molecule has 111 heavy (non-hydrogen) atoms. The third kappa shape index (κ3) is 23.6. The number of aromatic nitrogens is 2. The zero-order chi connectivity index (χ0) is 76.5. The molecule has 0 bridgehead atoms. The number of carboxylic acid groups (broad SMARTS) is 2. The first kappa shape index (κ1) is 82.6. The van der Waals surface area contributed by atoms with Gasteiger partial charge in [-0.25, -0.2) is 18.7 Å². The molecule has 16 aromatic rings. The molecule has 0 radical (unpaired) electrons. The summed E-state index contributed by atoms with van der Waals surface area (Å²) in [5, 5.41) is 41.1. The Kier molecular flexibility index (Phi) is 32.8. The van der Waals surface area contributed by atoms with Crippen molar-refractivity contribution in [1.82, 2.24) is 9.97 Å². The Hall–Kier alpha value is -10.9. The fourth-order valence-electron chi connectivity index (χ4n) is 11.4. The van der Waals surface area contributed by atoms with Crippen LogP contribution < -0.4 is 83.3 Å². The first-order valence-electron chi connectivity index (χ1n) is 34.9. The molecule has 8 nitrogen and oxygen atoms in total. The summed E-state index contributed by atoms with van der Waals surface area (Å²) in [6.45, 7) is 0. The molecule has 2 aromatic heterocycles. The van der Waals surface area contributed by atoms with Crippen LogP contribution >= 0.6 is 54.4 Å². The van der Waals surface area contributed by atoms with Gasteiger partial charge in [0.2, 0.25) is 0 Å². The molecule has 552 valence electrons. The number of rotatable bonds is 18. The van der Waals surface area contributed by atoms with Crippen LogP contribution in [0.3, 0.4) is 0 Å². The van der Waals surface area contributed by atoms with Crippen LogP contribution in [-0.2, 0) is 20.4 Å². The smallest absolute Gasteiger partial charge is 0.543 e. The average Bonchev–Trinajstić information content (AvgIpc) is 1.39. The van der Waals surface area contributed by atoms with E-state index in [4.69, 9.17) is 9.47 Å². The van der Waals surface area contributed by atoms with Crippen molar-refractivity contribution in [3.05, 3.63) is 434 Å². The molecule has 0 aliphatic heterocycles. The average molecular weight is 1660 g/mol. The summed E-state index contributed by atoms with van der Waals surface area (Å²) in [4.78, 5) is 28.8. The Bertz CT molecular complexity index is 4440. The van der Waals surface area contributed by atoms with E-state index in [1.807, 2.05) is 0 Å². The second-order valence-corrected chi connectivity index (χ2v) is 34.2. The third-order valence-electron chi connectivity index (χ3n) is 16.4. The molecule has 0 saturated heterocycles. The van der Waals surface area contributed by atoms with Crippen molar-refractivity contribution in [1.29, 1.82) is 0 Å². The summed E-state index contributed by atoms with van der Waals surface area (Å²) in [6, 6.07) is 138. The van der Waals surface area contributed by atoms with E-state index in [1.165, 1.54) is 113 Å². The number of hydrogen-bond donors (Lipinski definition) is 0. The SMILES string of the molecule is COc1cccc(F)c1-c1nc(C(=O)[O-])cs1.COc1cccc(F)c1-c1nc(C(=O)[O-])cs1.[Pd+2].c1ccc(P(c2ccccc2)c2ccccc2)cc1.c1ccc(P(c2ccccc2)c2ccccc2)cc1.c1ccc(P(c2ccccc2)c2ccccc2)cc1.c1ccc(P(c2ccccc2)c2ccccc2)cc1. The van der Waals surface area contributed by atoms with Gasteiger partial charge in [0.1, 0.15) is 33.1 Å². The van der Waals surface area contributed by atoms with Crippen LogP contribution in [0.4, 0.5) is 8.78 Å². The summed E-state index contributed by atoms with van der Waals surface area (Å²) >= 11 is 2.05. The van der Waals surface area contributed by atoms with Crippen molar-refractivity contribution in [2.24, 2.45) is 0 Å². The third-order valence-corrected chi connectivity index (χ3v) is 27.9. The Labute approximate surface area is 674 Å². The molecule has 17 heteroatoms. The van der Waals surface area contributed by atoms with Gasteiger partial charge in [0.05, 0.1) is 48.7 Å². The number of carboxylic acids is 2. The van der Waals surface area contributed by atoms with Crippen molar-refractivity contribution in [3.63, 3.8) is 0 Å². The van der Waals surface area contributed by atoms with Crippen molar-refractivity contribution in [3.8, 4) is 32.6 Å². The van der Waals surface area contributed by atoms with E-state index in [0.29, 0.717) is 11.5 Å². The van der Waals surface area contributed by atoms with Crippen LogP contribution in [0.1, 0.15) is 21.0 Å². The largest absolute Gasteiger partial charge is 2.00 e. The predicted octanol–water partition coefficient (Wildman–Crippen LogP) is 16.4. The number of carbonyl (C=O) groups excluding carboxylic acids is 2. The van der Waals surface area contributed by atoms with E-state index in [0.717, 1.165) is 22.7 Å². The van der Waals surface area contributed by atoms with Crippen molar-refractivity contribution in [2.45, 2.75) is 0 Å². The molecule has 0 aliphatic carbocycles. The molecule has 0 spiro atoms. The van der Waals surface area contributed by atoms with E-state index in [9.17, 15) is 28.6 Å². The van der Waals surface area contributed by atoms with Crippen LogP contribution in [0.15, 0.2) is 411 Å². The number of thiazole rings is 2. The molecule has 0 N–H and O–H groups in total. The van der Waals surface area contributed by atoms with Crippen molar-refractivity contribution in [2.75, 3.05) is 14.2 Å². The molecule has 0 amide bonds. The standard InChI is InChI=1S/4C18H15P.2C11H8FNO3S.Pd/c4*1-4-10-16(11-5-1)19(17-12-6-2-7-13-17)18-14-8-3-9-15-18;2*1-16-8-4-2-3-6(12)9(8)10-13-7(5-17-10)11(14)15;/h4*1-15H;2*2-5H,1H3,(H,14,15);/q;;;;;;+2/p-2. The number of benzene rings is 14. The maximum Gasteiger partial charge on any atom is 2.00 e. The minimum atomic E-state index is -1.39. The number of nitrogens with zero attached hydrogens (tertiary/aromatic N) is 2. The van der Waals surface area contributed by atoms with Gasteiger partial charge in [-0.15, -0.1) is 22.7 Å². The van der Waals surface area contributed by atoms with Gasteiger partial charge in [-0.05, 0) is 120 Å². The second kappa shape index (κ2) is 44.1. The van der Waals surface area contributed by atoms with Crippen molar-refractivity contribution >= 4 is 130 Å². The number of aromatic carboxylic acids is 2. The van der Waals surface area contributed by atoms with Gasteiger partial charge in [-0.2, -0.15) is 0 Å². The second-order valence-electron chi connectivity index (χ2n) is 23.7. The van der Waals surface area contributed by atoms with Crippen LogP contribution in [-0.4, -0.2) is 36.1 Å². The van der Waals surface area contributed by atoms with E-state index in [2.05, 4.69) is 374 Å². The quantitative estimate of drug-likeness (QED) is 0.0614. The Balaban J connectivity index is 0.000000141. The molecule has 14 aromatic carbocycles. The van der Waals surface area contributed by atoms with Crippen LogP contribution in [0.5, 0.6) is 11.5 Å². The zero-order valence-electron chi connectivity index (χ0n) is 60.3. The molecular formula is C94H74F2N2O6P4PdS2. The molecular weight excluding hydrogens is 1590 g/mol. The molecule has 0 saturated carbocycles. The van der Waals surface area contributed by atoms with Gasteiger partial charge < -0.3 is 29.3 Å². The molecule has 0 unspecified atom stereocenters. The first-order valence-corrected chi connectivity index (χ1v) is 42.0. The van der Waals surface area contributed by atoms with Gasteiger partial charge in [0.25, 0.3) is 0 Å². The van der Waals surface area contributed by atoms with Gasteiger partial charge in [0.15, 0.2) is 0 Å². The van der Waals surface area contributed by atoms with Gasteiger partial charge in [0, 0.05) is 10.8 Å². The fraction of sp³-hybridized carbons (Fsp3) is 0.0213.